The standard InChI is InChI=1S/C24H26N2O5S/c1-18(22-11-7-8-12-23(22)31-3)25-24(27)17-26(19-13-15-20(30-2)16-14-19)32(28,29)21-9-5-4-6-10-21/h4-16,18H,17H2,1-3H3,(H,25,27)/t18-/m0/s1. The molecule has 0 fully saturated rings. The van der Waals surface area contributed by atoms with Crippen LogP contribution in [0.15, 0.2) is 83.8 Å². The van der Waals surface area contributed by atoms with Gasteiger partial charge in [-0.2, -0.15) is 0 Å². The third-order valence-corrected chi connectivity index (χ3v) is 6.75. The largest absolute Gasteiger partial charge is 0.497 e. The average Bonchev–Trinajstić information content (AvgIpc) is 2.83. The van der Waals surface area contributed by atoms with Crippen molar-refractivity contribution in [3.8, 4) is 11.5 Å². The molecule has 0 spiro atoms. The molecule has 0 aliphatic heterocycles. The number of carbonyl (C=O) groups excluding carboxylic acids is 1. The minimum absolute atomic E-state index is 0.0985. The molecule has 0 saturated carbocycles. The predicted molar refractivity (Wildman–Crippen MR) is 124 cm³/mol. The lowest BCUT2D eigenvalue weighted by molar-refractivity contribution is -0.120. The molecule has 3 rings (SSSR count). The highest BCUT2D eigenvalue weighted by Crippen LogP contribution is 2.27. The molecule has 1 N–H and O–H groups in total. The van der Waals surface area contributed by atoms with E-state index in [1.54, 1.807) is 49.6 Å². The van der Waals surface area contributed by atoms with Crippen molar-refractivity contribution in [2.24, 2.45) is 0 Å². The van der Waals surface area contributed by atoms with Gasteiger partial charge >= 0.3 is 0 Å². The van der Waals surface area contributed by atoms with Crippen molar-refractivity contribution in [3.05, 3.63) is 84.4 Å². The summed E-state index contributed by atoms with van der Waals surface area (Å²) < 4.78 is 38.4. The fourth-order valence-corrected chi connectivity index (χ4v) is 4.74. The number of nitrogens with one attached hydrogen (secondary N) is 1. The quantitative estimate of drug-likeness (QED) is 0.532. The average molecular weight is 455 g/mol. The van der Waals surface area contributed by atoms with Crippen LogP contribution in [0.4, 0.5) is 5.69 Å². The highest BCUT2D eigenvalue weighted by atomic mass is 32.2. The Labute approximate surface area is 188 Å². The Morgan fingerprint density at radius 3 is 2.16 bits per heavy atom. The Hall–Kier alpha value is -3.52. The summed E-state index contributed by atoms with van der Waals surface area (Å²) in [5.74, 6) is 0.781. The van der Waals surface area contributed by atoms with Gasteiger partial charge in [0.2, 0.25) is 5.91 Å². The zero-order chi connectivity index (χ0) is 23.1. The Kier molecular flexibility index (Phi) is 7.37. The molecule has 0 unspecified atom stereocenters. The lowest BCUT2D eigenvalue weighted by Gasteiger charge is -2.25. The van der Waals surface area contributed by atoms with Gasteiger partial charge < -0.3 is 14.8 Å². The number of hydrogen-bond donors (Lipinski definition) is 1. The number of para-hydroxylation sites is 1. The number of benzene rings is 3. The molecule has 0 radical (unpaired) electrons. The number of rotatable bonds is 9. The summed E-state index contributed by atoms with van der Waals surface area (Å²) in [6.07, 6.45) is 0. The van der Waals surface area contributed by atoms with E-state index in [2.05, 4.69) is 5.32 Å². The van der Waals surface area contributed by atoms with Gasteiger partial charge in [-0.05, 0) is 49.4 Å². The van der Waals surface area contributed by atoms with Gasteiger partial charge in [0.15, 0.2) is 0 Å². The zero-order valence-corrected chi connectivity index (χ0v) is 19.0. The number of carbonyl (C=O) groups is 1. The Balaban J connectivity index is 1.89. The van der Waals surface area contributed by atoms with Crippen LogP contribution in [0.5, 0.6) is 11.5 Å². The molecule has 0 heterocycles. The minimum Gasteiger partial charge on any atom is -0.497 e. The molecule has 3 aromatic rings. The number of methoxy groups -OCH3 is 2. The van der Waals surface area contributed by atoms with Crippen molar-refractivity contribution < 1.29 is 22.7 Å². The van der Waals surface area contributed by atoms with Gasteiger partial charge in [-0.25, -0.2) is 8.42 Å². The van der Waals surface area contributed by atoms with E-state index in [0.29, 0.717) is 17.2 Å². The maximum absolute atomic E-state index is 13.4. The third-order valence-electron chi connectivity index (χ3n) is 4.96. The summed E-state index contributed by atoms with van der Waals surface area (Å²) in [5.41, 5.74) is 1.15. The van der Waals surface area contributed by atoms with Gasteiger partial charge in [-0.15, -0.1) is 0 Å². The van der Waals surface area contributed by atoms with Gasteiger partial charge in [0.25, 0.3) is 10.0 Å². The number of anilines is 1. The molecule has 1 amide bonds. The van der Waals surface area contributed by atoms with Crippen LogP contribution in [0.3, 0.4) is 0 Å². The van der Waals surface area contributed by atoms with Crippen molar-refractivity contribution in [1.29, 1.82) is 0 Å². The van der Waals surface area contributed by atoms with E-state index >= 15 is 0 Å². The molecular weight excluding hydrogens is 428 g/mol. The van der Waals surface area contributed by atoms with Crippen LogP contribution in [-0.2, 0) is 14.8 Å². The Bertz CT molecular complexity index is 1150. The van der Waals surface area contributed by atoms with Gasteiger partial charge in [0, 0.05) is 5.56 Å². The summed E-state index contributed by atoms with van der Waals surface area (Å²) in [4.78, 5) is 13.0. The summed E-state index contributed by atoms with van der Waals surface area (Å²) in [7, 11) is -0.886. The second-order valence-corrected chi connectivity index (χ2v) is 8.92. The first-order valence-electron chi connectivity index (χ1n) is 10.0. The molecule has 168 valence electrons. The van der Waals surface area contributed by atoms with Crippen LogP contribution in [0, 0.1) is 0 Å². The number of nitrogens with zero attached hydrogens (tertiary/aromatic N) is 1. The fraction of sp³-hybridized carbons (Fsp3) is 0.208. The van der Waals surface area contributed by atoms with Crippen molar-refractivity contribution in [1.82, 2.24) is 5.32 Å². The van der Waals surface area contributed by atoms with Gasteiger partial charge in [0.1, 0.15) is 18.0 Å². The number of sulfonamides is 1. The molecule has 0 aliphatic carbocycles. The highest BCUT2D eigenvalue weighted by molar-refractivity contribution is 7.92. The van der Waals surface area contributed by atoms with E-state index in [9.17, 15) is 13.2 Å². The Morgan fingerprint density at radius 1 is 0.906 bits per heavy atom. The molecule has 0 bridgehead atoms. The van der Waals surface area contributed by atoms with Gasteiger partial charge in [0.05, 0.1) is 30.8 Å². The molecule has 32 heavy (non-hydrogen) atoms. The van der Waals surface area contributed by atoms with Crippen LogP contribution < -0.4 is 19.1 Å². The highest BCUT2D eigenvalue weighted by Gasteiger charge is 2.28. The van der Waals surface area contributed by atoms with E-state index in [-0.39, 0.29) is 17.5 Å². The van der Waals surface area contributed by atoms with E-state index in [1.165, 1.54) is 19.2 Å². The van der Waals surface area contributed by atoms with Crippen molar-refractivity contribution in [2.75, 3.05) is 25.1 Å². The minimum atomic E-state index is -3.98. The molecule has 0 aliphatic rings. The number of hydrogen-bond acceptors (Lipinski definition) is 5. The first-order chi connectivity index (χ1) is 15.4. The first kappa shape index (κ1) is 23.1. The van der Waals surface area contributed by atoms with Crippen LogP contribution in [-0.4, -0.2) is 35.1 Å². The second-order valence-electron chi connectivity index (χ2n) is 7.05. The Morgan fingerprint density at radius 2 is 1.53 bits per heavy atom. The maximum atomic E-state index is 13.4. The lowest BCUT2D eigenvalue weighted by Crippen LogP contribution is -2.41. The topological polar surface area (TPSA) is 84.9 Å². The van der Waals surface area contributed by atoms with Crippen molar-refractivity contribution >= 4 is 21.6 Å². The maximum Gasteiger partial charge on any atom is 0.264 e. The molecule has 7 nitrogen and oxygen atoms in total. The van der Waals surface area contributed by atoms with E-state index < -0.39 is 15.9 Å². The SMILES string of the molecule is COc1ccc(N(CC(=O)N[C@@H](C)c2ccccc2OC)S(=O)(=O)c2ccccc2)cc1. The smallest absolute Gasteiger partial charge is 0.264 e. The molecular formula is C24H26N2O5S. The van der Waals surface area contributed by atoms with E-state index in [1.807, 2.05) is 31.2 Å². The van der Waals surface area contributed by atoms with Gasteiger partial charge in [-0.3, -0.25) is 9.10 Å². The first-order valence-corrected chi connectivity index (χ1v) is 11.4. The summed E-state index contributed by atoms with van der Waals surface area (Å²) in [6.45, 7) is 1.43. The van der Waals surface area contributed by atoms with Crippen LogP contribution in [0.25, 0.3) is 0 Å². The third kappa shape index (κ3) is 5.20. The van der Waals surface area contributed by atoms with Crippen LogP contribution in [0.2, 0.25) is 0 Å². The summed E-state index contributed by atoms with van der Waals surface area (Å²) in [6, 6.07) is 21.5. The van der Waals surface area contributed by atoms with Crippen molar-refractivity contribution in [2.45, 2.75) is 17.9 Å². The van der Waals surface area contributed by atoms with E-state index in [4.69, 9.17) is 9.47 Å². The summed E-state index contributed by atoms with van der Waals surface area (Å²) in [5, 5.41) is 2.87. The molecule has 0 saturated heterocycles. The lowest BCUT2D eigenvalue weighted by atomic mass is 10.1. The van der Waals surface area contributed by atoms with Crippen molar-refractivity contribution in [3.63, 3.8) is 0 Å². The molecule has 0 aromatic heterocycles. The van der Waals surface area contributed by atoms with E-state index in [0.717, 1.165) is 9.87 Å². The number of ether oxygens (including phenoxy) is 2. The fourth-order valence-electron chi connectivity index (χ4n) is 3.30. The summed E-state index contributed by atoms with van der Waals surface area (Å²) >= 11 is 0. The molecule has 1 atom stereocenters. The van der Waals surface area contributed by atoms with Gasteiger partial charge in [-0.1, -0.05) is 36.4 Å². The number of amides is 1. The molecule has 3 aromatic carbocycles. The van der Waals surface area contributed by atoms with Crippen LogP contribution >= 0.6 is 0 Å². The zero-order valence-electron chi connectivity index (χ0n) is 18.2. The monoisotopic (exact) mass is 454 g/mol. The normalized spacial score (nSPS) is 12.0. The molecule has 8 heteroatoms. The second kappa shape index (κ2) is 10.2. The predicted octanol–water partition coefficient (Wildman–Crippen LogP) is 3.78. The van der Waals surface area contributed by atoms with Crippen LogP contribution in [0.1, 0.15) is 18.5 Å².